The molecule has 0 heterocycles. The quantitative estimate of drug-likeness (QED) is 0.238. The molecule has 4 aromatic carbocycles. The molecule has 0 fully saturated rings. The molecule has 0 radical (unpaired) electrons. The number of halogens is 2. The minimum Gasteiger partial charge on any atom is -0.0616 e. The third-order valence-corrected chi connectivity index (χ3v) is 5.87. The molecule has 0 unspecified atom stereocenters. The summed E-state index contributed by atoms with van der Waals surface area (Å²) < 4.78 is 2.31. The summed E-state index contributed by atoms with van der Waals surface area (Å²) in [4.78, 5) is 0. The summed E-state index contributed by atoms with van der Waals surface area (Å²) in [6.45, 7) is 0. The van der Waals surface area contributed by atoms with Crippen LogP contribution in [-0.2, 0) is 0 Å². The first kappa shape index (κ1) is 12.9. The van der Waals surface area contributed by atoms with Crippen LogP contribution >= 0.6 is 31.9 Å². The molecule has 0 bridgehead atoms. The van der Waals surface area contributed by atoms with Gasteiger partial charge in [-0.2, -0.15) is 0 Å². The predicted octanol–water partition coefficient (Wildman–Crippen LogP) is 7.17. The SMILES string of the molecule is Brc1ccc2c(c1)-c1cccc3c(Br)c4ccccc4c-2c13. The monoisotopic (exact) mass is 408 g/mol. The van der Waals surface area contributed by atoms with Crippen LogP contribution < -0.4 is 0 Å². The maximum Gasteiger partial charge on any atom is 0.0332 e. The van der Waals surface area contributed by atoms with E-state index in [1.807, 2.05) is 0 Å². The lowest BCUT2D eigenvalue weighted by Gasteiger charge is -2.10. The molecule has 0 aromatic heterocycles. The largest absolute Gasteiger partial charge is 0.0616 e. The average Bonchev–Trinajstić information content (AvgIpc) is 2.87. The van der Waals surface area contributed by atoms with Gasteiger partial charge in [0.15, 0.2) is 0 Å². The Morgan fingerprint density at radius 2 is 1.36 bits per heavy atom. The van der Waals surface area contributed by atoms with E-state index in [-0.39, 0.29) is 0 Å². The van der Waals surface area contributed by atoms with Crippen LogP contribution in [0.25, 0.3) is 43.8 Å². The normalized spacial score (nSPS) is 12.1. The van der Waals surface area contributed by atoms with Gasteiger partial charge in [0.25, 0.3) is 0 Å². The minimum absolute atomic E-state index is 1.12. The molecular weight excluding hydrogens is 400 g/mol. The van der Waals surface area contributed by atoms with Gasteiger partial charge in [0.2, 0.25) is 0 Å². The van der Waals surface area contributed by atoms with Crippen LogP contribution in [0.15, 0.2) is 69.6 Å². The van der Waals surface area contributed by atoms with E-state index in [4.69, 9.17) is 0 Å². The average molecular weight is 410 g/mol. The molecular formula is C20H10Br2. The molecule has 1 aliphatic carbocycles. The lowest BCUT2D eigenvalue weighted by Crippen LogP contribution is -1.83. The molecule has 0 aliphatic heterocycles. The van der Waals surface area contributed by atoms with Crippen LogP contribution in [0.4, 0.5) is 0 Å². The standard InChI is InChI=1S/C20H10Br2/c21-11-8-9-14-17(10-11)13-6-3-7-16-19(13)18(14)12-4-1-2-5-15(12)20(16)22/h1-10H. The molecule has 0 amide bonds. The van der Waals surface area contributed by atoms with Gasteiger partial charge < -0.3 is 0 Å². The lowest BCUT2D eigenvalue weighted by molar-refractivity contribution is 1.65. The fourth-order valence-corrected chi connectivity index (χ4v) is 4.68. The van der Waals surface area contributed by atoms with Crippen LogP contribution in [0.1, 0.15) is 0 Å². The number of benzene rings is 4. The number of hydrogen-bond donors (Lipinski definition) is 0. The van der Waals surface area contributed by atoms with Crippen molar-refractivity contribution in [3.8, 4) is 22.3 Å². The van der Waals surface area contributed by atoms with Crippen molar-refractivity contribution < 1.29 is 0 Å². The van der Waals surface area contributed by atoms with Gasteiger partial charge in [-0.3, -0.25) is 0 Å². The molecule has 1 aliphatic rings. The Balaban J connectivity index is 2.14. The van der Waals surface area contributed by atoms with Crippen molar-refractivity contribution in [2.24, 2.45) is 0 Å². The fourth-order valence-electron chi connectivity index (χ4n) is 3.64. The number of hydrogen-bond acceptors (Lipinski definition) is 0. The van der Waals surface area contributed by atoms with Crippen molar-refractivity contribution in [3.05, 3.63) is 69.6 Å². The molecule has 5 rings (SSSR count). The number of rotatable bonds is 0. The smallest absolute Gasteiger partial charge is 0.0332 e. The Hall–Kier alpha value is -1.64. The Labute approximate surface area is 145 Å². The van der Waals surface area contributed by atoms with E-state index in [9.17, 15) is 0 Å². The van der Waals surface area contributed by atoms with Crippen molar-refractivity contribution in [2.75, 3.05) is 0 Å². The topological polar surface area (TPSA) is 0 Å². The Morgan fingerprint density at radius 1 is 0.591 bits per heavy atom. The van der Waals surface area contributed by atoms with Gasteiger partial charge in [-0.05, 0) is 71.9 Å². The van der Waals surface area contributed by atoms with Crippen LogP contribution in [0.2, 0.25) is 0 Å². The zero-order valence-corrected chi connectivity index (χ0v) is 14.7. The van der Waals surface area contributed by atoms with Crippen molar-refractivity contribution in [3.63, 3.8) is 0 Å². The summed E-state index contributed by atoms with van der Waals surface area (Å²) in [5.41, 5.74) is 5.35. The predicted molar refractivity (Wildman–Crippen MR) is 101 cm³/mol. The van der Waals surface area contributed by atoms with Gasteiger partial charge >= 0.3 is 0 Å². The van der Waals surface area contributed by atoms with Crippen LogP contribution in [-0.4, -0.2) is 0 Å². The van der Waals surface area contributed by atoms with E-state index < -0.39 is 0 Å². The van der Waals surface area contributed by atoms with E-state index in [0.717, 1.165) is 4.47 Å². The molecule has 2 heteroatoms. The molecule has 0 atom stereocenters. The summed E-state index contributed by atoms with van der Waals surface area (Å²) in [7, 11) is 0. The summed E-state index contributed by atoms with van der Waals surface area (Å²) in [6, 6.07) is 21.8. The maximum atomic E-state index is 3.83. The highest BCUT2D eigenvalue weighted by atomic mass is 79.9. The zero-order valence-electron chi connectivity index (χ0n) is 11.5. The summed E-state index contributed by atoms with van der Waals surface area (Å²) in [5.74, 6) is 0. The highest BCUT2D eigenvalue weighted by molar-refractivity contribution is 9.11. The van der Waals surface area contributed by atoms with Gasteiger partial charge in [0.05, 0.1) is 0 Å². The second kappa shape index (κ2) is 4.43. The molecule has 0 nitrogen and oxygen atoms in total. The first-order valence-electron chi connectivity index (χ1n) is 7.19. The first-order chi connectivity index (χ1) is 10.8. The fraction of sp³-hybridized carbons (Fsp3) is 0. The third-order valence-electron chi connectivity index (χ3n) is 4.52. The van der Waals surface area contributed by atoms with Gasteiger partial charge in [0.1, 0.15) is 0 Å². The number of fused-ring (bicyclic) bond motifs is 5. The molecule has 4 aromatic rings. The third kappa shape index (κ3) is 1.52. The summed E-state index contributed by atoms with van der Waals surface area (Å²) in [6.07, 6.45) is 0. The van der Waals surface area contributed by atoms with Crippen LogP contribution in [0, 0.1) is 0 Å². The van der Waals surface area contributed by atoms with E-state index in [0.29, 0.717) is 0 Å². The van der Waals surface area contributed by atoms with E-state index >= 15 is 0 Å². The Kier molecular flexibility index (Phi) is 2.59. The van der Waals surface area contributed by atoms with E-state index in [1.165, 1.54) is 48.3 Å². The molecule has 0 spiro atoms. The van der Waals surface area contributed by atoms with Gasteiger partial charge in [0, 0.05) is 8.95 Å². The molecule has 0 saturated heterocycles. The van der Waals surface area contributed by atoms with Gasteiger partial charge in [-0.15, -0.1) is 0 Å². The van der Waals surface area contributed by atoms with E-state index in [2.05, 4.69) is 92.5 Å². The van der Waals surface area contributed by atoms with Crippen molar-refractivity contribution in [2.45, 2.75) is 0 Å². The first-order valence-corrected chi connectivity index (χ1v) is 8.77. The Morgan fingerprint density at radius 3 is 2.23 bits per heavy atom. The molecule has 22 heavy (non-hydrogen) atoms. The van der Waals surface area contributed by atoms with Gasteiger partial charge in [-0.25, -0.2) is 0 Å². The highest BCUT2D eigenvalue weighted by Gasteiger charge is 2.25. The van der Waals surface area contributed by atoms with Crippen molar-refractivity contribution >= 4 is 53.4 Å². The molecule has 104 valence electrons. The Bertz CT molecular complexity index is 1090. The molecule has 0 saturated carbocycles. The van der Waals surface area contributed by atoms with E-state index in [1.54, 1.807) is 0 Å². The second-order valence-electron chi connectivity index (χ2n) is 5.65. The molecule has 0 N–H and O–H groups in total. The highest BCUT2D eigenvalue weighted by Crippen LogP contribution is 2.52. The zero-order chi connectivity index (χ0) is 14.8. The lowest BCUT2D eigenvalue weighted by atomic mass is 9.96. The maximum absolute atomic E-state index is 3.83. The van der Waals surface area contributed by atoms with Crippen LogP contribution in [0.5, 0.6) is 0 Å². The van der Waals surface area contributed by atoms with Gasteiger partial charge in [-0.1, -0.05) is 64.5 Å². The van der Waals surface area contributed by atoms with Crippen molar-refractivity contribution in [1.82, 2.24) is 0 Å². The van der Waals surface area contributed by atoms with Crippen molar-refractivity contribution in [1.29, 1.82) is 0 Å². The summed E-state index contributed by atoms with van der Waals surface area (Å²) >= 11 is 7.44. The minimum atomic E-state index is 1.12. The van der Waals surface area contributed by atoms with Crippen LogP contribution in [0.3, 0.4) is 0 Å². The summed E-state index contributed by atoms with van der Waals surface area (Å²) in [5, 5.41) is 5.24. The second-order valence-corrected chi connectivity index (χ2v) is 7.36.